The summed E-state index contributed by atoms with van der Waals surface area (Å²) in [5, 5.41) is 2.13. The van der Waals surface area contributed by atoms with Crippen molar-refractivity contribution in [3.63, 3.8) is 0 Å². The molecule has 0 unspecified atom stereocenters. The monoisotopic (exact) mass is 407 g/mol. The summed E-state index contributed by atoms with van der Waals surface area (Å²) < 4.78 is 5.36. The predicted octanol–water partition coefficient (Wildman–Crippen LogP) is 4.78. The molecule has 1 heterocycles. The summed E-state index contributed by atoms with van der Waals surface area (Å²) >= 11 is 5.91. The van der Waals surface area contributed by atoms with E-state index >= 15 is 0 Å². The standard InChI is InChI=1S/C23H18ClNO4/c1-14-13-16(24)10-11-19(14)29-20(26)9-4-12-25-22(27)17-7-2-5-15-6-3-8-18(21(15)17)23(25)28/h2-3,5-8,10-11,13H,4,9,12H2,1H3. The van der Waals surface area contributed by atoms with E-state index in [1.807, 2.05) is 12.1 Å². The smallest absolute Gasteiger partial charge is 0.311 e. The summed E-state index contributed by atoms with van der Waals surface area (Å²) in [5.41, 5.74) is 1.78. The lowest BCUT2D eigenvalue weighted by atomic mass is 9.94. The third-order valence-corrected chi connectivity index (χ3v) is 5.21. The van der Waals surface area contributed by atoms with E-state index in [1.54, 1.807) is 49.4 Å². The summed E-state index contributed by atoms with van der Waals surface area (Å²) in [6, 6.07) is 15.8. The van der Waals surface area contributed by atoms with Gasteiger partial charge >= 0.3 is 5.97 Å². The minimum Gasteiger partial charge on any atom is -0.426 e. The van der Waals surface area contributed by atoms with Crippen LogP contribution in [0.1, 0.15) is 39.1 Å². The number of hydrogen-bond acceptors (Lipinski definition) is 4. The van der Waals surface area contributed by atoms with Crippen LogP contribution in [-0.2, 0) is 4.79 Å². The molecule has 2 amide bonds. The Morgan fingerprint density at radius 3 is 2.28 bits per heavy atom. The number of halogens is 1. The van der Waals surface area contributed by atoms with E-state index in [2.05, 4.69) is 0 Å². The van der Waals surface area contributed by atoms with Gasteiger partial charge in [-0.2, -0.15) is 0 Å². The van der Waals surface area contributed by atoms with Gasteiger partial charge in [0.2, 0.25) is 0 Å². The second-order valence-corrected chi connectivity index (χ2v) is 7.40. The summed E-state index contributed by atoms with van der Waals surface area (Å²) in [4.78, 5) is 39.0. The van der Waals surface area contributed by atoms with E-state index < -0.39 is 5.97 Å². The molecule has 29 heavy (non-hydrogen) atoms. The number of carbonyl (C=O) groups excluding carboxylic acids is 3. The molecule has 1 aliphatic heterocycles. The molecule has 5 nitrogen and oxygen atoms in total. The molecule has 0 spiro atoms. The van der Waals surface area contributed by atoms with Crippen molar-refractivity contribution in [3.8, 4) is 5.75 Å². The number of rotatable bonds is 5. The van der Waals surface area contributed by atoms with Crippen molar-refractivity contribution in [2.75, 3.05) is 6.54 Å². The molecule has 0 aromatic heterocycles. The van der Waals surface area contributed by atoms with Crippen LogP contribution in [0, 0.1) is 6.92 Å². The molecular formula is C23H18ClNO4. The van der Waals surface area contributed by atoms with Gasteiger partial charge < -0.3 is 4.74 Å². The van der Waals surface area contributed by atoms with E-state index in [-0.39, 0.29) is 24.8 Å². The van der Waals surface area contributed by atoms with Crippen molar-refractivity contribution in [1.82, 2.24) is 4.90 Å². The highest BCUT2D eigenvalue weighted by Gasteiger charge is 2.32. The molecule has 0 bridgehead atoms. The van der Waals surface area contributed by atoms with Gasteiger partial charge in [0, 0.05) is 34.5 Å². The Hall–Kier alpha value is -3.18. The fraction of sp³-hybridized carbons (Fsp3) is 0.174. The van der Waals surface area contributed by atoms with Crippen LogP contribution >= 0.6 is 11.6 Å². The molecular weight excluding hydrogens is 390 g/mol. The molecule has 4 rings (SSSR count). The molecule has 146 valence electrons. The molecule has 0 atom stereocenters. The van der Waals surface area contributed by atoms with Gasteiger partial charge in [0.15, 0.2) is 0 Å². The maximum atomic E-state index is 12.8. The van der Waals surface area contributed by atoms with Gasteiger partial charge in [-0.1, -0.05) is 35.9 Å². The van der Waals surface area contributed by atoms with E-state index in [0.29, 0.717) is 33.7 Å². The first-order chi connectivity index (χ1) is 14.0. The molecule has 0 saturated carbocycles. The lowest BCUT2D eigenvalue weighted by molar-refractivity contribution is -0.134. The molecule has 0 N–H and O–H groups in total. The quantitative estimate of drug-likeness (QED) is 0.347. The summed E-state index contributed by atoms with van der Waals surface area (Å²) in [6.45, 7) is 1.95. The summed E-state index contributed by atoms with van der Waals surface area (Å²) in [7, 11) is 0. The Morgan fingerprint density at radius 2 is 1.66 bits per heavy atom. The Balaban J connectivity index is 1.43. The van der Waals surface area contributed by atoms with Gasteiger partial charge in [-0.25, -0.2) is 0 Å². The van der Waals surface area contributed by atoms with Gasteiger partial charge in [-0.05, 0) is 54.6 Å². The fourth-order valence-corrected chi connectivity index (χ4v) is 3.79. The van der Waals surface area contributed by atoms with Crippen molar-refractivity contribution in [1.29, 1.82) is 0 Å². The van der Waals surface area contributed by atoms with Crippen molar-refractivity contribution in [3.05, 3.63) is 76.3 Å². The van der Waals surface area contributed by atoms with E-state index in [0.717, 1.165) is 10.9 Å². The predicted molar refractivity (Wildman–Crippen MR) is 110 cm³/mol. The second-order valence-electron chi connectivity index (χ2n) is 6.96. The molecule has 0 fully saturated rings. The minimum absolute atomic E-state index is 0.0883. The lowest BCUT2D eigenvalue weighted by Crippen LogP contribution is -2.41. The van der Waals surface area contributed by atoms with Crippen LogP contribution in [0.15, 0.2) is 54.6 Å². The third-order valence-electron chi connectivity index (χ3n) is 4.98. The molecule has 1 aliphatic rings. The van der Waals surface area contributed by atoms with Crippen LogP contribution in [0.3, 0.4) is 0 Å². The van der Waals surface area contributed by atoms with Gasteiger partial charge in [-0.15, -0.1) is 0 Å². The van der Waals surface area contributed by atoms with Crippen molar-refractivity contribution in [2.45, 2.75) is 19.8 Å². The van der Waals surface area contributed by atoms with Crippen LogP contribution < -0.4 is 4.74 Å². The van der Waals surface area contributed by atoms with E-state index in [9.17, 15) is 14.4 Å². The normalized spacial score (nSPS) is 13.1. The minimum atomic E-state index is -0.421. The van der Waals surface area contributed by atoms with Crippen molar-refractivity contribution in [2.24, 2.45) is 0 Å². The Morgan fingerprint density at radius 1 is 1.00 bits per heavy atom. The second kappa shape index (κ2) is 7.68. The number of nitrogens with zero attached hydrogens (tertiary/aromatic N) is 1. The number of carbonyl (C=O) groups is 3. The summed E-state index contributed by atoms with van der Waals surface area (Å²) in [5.74, 6) is -0.637. The van der Waals surface area contributed by atoms with Crippen LogP contribution in [0.25, 0.3) is 10.8 Å². The maximum absolute atomic E-state index is 12.8. The number of esters is 1. The van der Waals surface area contributed by atoms with Gasteiger partial charge in [0.25, 0.3) is 11.8 Å². The molecule has 0 radical (unpaired) electrons. The molecule has 0 saturated heterocycles. The van der Waals surface area contributed by atoms with E-state index in [4.69, 9.17) is 16.3 Å². The Kier molecular flexibility index (Phi) is 5.07. The van der Waals surface area contributed by atoms with Gasteiger partial charge in [-0.3, -0.25) is 19.3 Å². The zero-order valence-corrected chi connectivity index (χ0v) is 16.5. The Bertz CT molecular complexity index is 1100. The topological polar surface area (TPSA) is 63.7 Å². The first kappa shape index (κ1) is 19.2. The van der Waals surface area contributed by atoms with Gasteiger partial charge in [0.1, 0.15) is 5.75 Å². The van der Waals surface area contributed by atoms with Crippen LogP contribution in [-0.4, -0.2) is 29.2 Å². The fourth-order valence-electron chi connectivity index (χ4n) is 3.57. The number of benzene rings is 3. The third kappa shape index (κ3) is 3.61. The van der Waals surface area contributed by atoms with Crippen molar-refractivity contribution < 1.29 is 19.1 Å². The highest BCUT2D eigenvalue weighted by atomic mass is 35.5. The zero-order valence-electron chi connectivity index (χ0n) is 15.8. The summed E-state index contributed by atoms with van der Waals surface area (Å²) in [6.07, 6.45) is 0.409. The van der Waals surface area contributed by atoms with Crippen LogP contribution in [0.5, 0.6) is 5.75 Å². The largest absolute Gasteiger partial charge is 0.426 e. The molecule has 3 aromatic rings. The van der Waals surface area contributed by atoms with Crippen molar-refractivity contribution >= 4 is 40.2 Å². The lowest BCUT2D eigenvalue weighted by Gasteiger charge is -2.27. The number of imide groups is 1. The number of hydrogen-bond donors (Lipinski definition) is 0. The highest BCUT2D eigenvalue weighted by molar-refractivity contribution is 6.30. The number of aryl methyl sites for hydroxylation is 1. The number of ether oxygens (including phenoxy) is 1. The van der Waals surface area contributed by atoms with Crippen LogP contribution in [0.4, 0.5) is 0 Å². The van der Waals surface area contributed by atoms with Gasteiger partial charge in [0.05, 0.1) is 0 Å². The SMILES string of the molecule is Cc1cc(Cl)ccc1OC(=O)CCCN1C(=O)c2cccc3cccc(c23)C1=O. The first-order valence-electron chi connectivity index (χ1n) is 9.30. The molecule has 0 aliphatic carbocycles. The average molecular weight is 408 g/mol. The average Bonchev–Trinajstić information content (AvgIpc) is 2.70. The van der Waals surface area contributed by atoms with Crippen LogP contribution in [0.2, 0.25) is 5.02 Å². The van der Waals surface area contributed by atoms with E-state index in [1.165, 1.54) is 4.90 Å². The highest BCUT2D eigenvalue weighted by Crippen LogP contribution is 2.30. The first-order valence-corrected chi connectivity index (χ1v) is 9.68. The number of amides is 2. The molecule has 6 heteroatoms. The molecule has 3 aromatic carbocycles. The Labute approximate surface area is 172 Å². The maximum Gasteiger partial charge on any atom is 0.311 e. The zero-order chi connectivity index (χ0) is 20.5.